The smallest absolute Gasteiger partial charge is 0.253 e. The summed E-state index contributed by atoms with van der Waals surface area (Å²) in [6.45, 7) is 10.1. The first-order chi connectivity index (χ1) is 39.8. The molecule has 84 heavy (non-hydrogen) atoms. The maximum atomic E-state index is 13.5. The van der Waals surface area contributed by atoms with Gasteiger partial charge in [0.1, 0.15) is 54.7 Å². The molecule has 0 spiro atoms. The number of aliphatic hydroxyl groups excluding tert-OH is 6. The molecule has 3 aliphatic rings. The van der Waals surface area contributed by atoms with E-state index in [0.29, 0.717) is 64.3 Å². The number of amides is 9. The lowest BCUT2D eigenvalue weighted by Gasteiger charge is -2.42. The molecule has 0 aliphatic carbocycles. The summed E-state index contributed by atoms with van der Waals surface area (Å²) in [6, 6.07) is -3.11. The molecule has 29 nitrogen and oxygen atoms in total. The third kappa shape index (κ3) is 25.7. The van der Waals surface area contributed by atoms with Crippen LogP contribution in [-0.4, -0.2) is 234 Å². The Morgan fingerprint density at radius 1 is 0.548 bits per heavy atom. The Bertz CT molecular complexity index is 2120. The Morgan fingerprint density at radius 2 is 0.976 bits per heavy atom. The van der Waals surface area contributed by atoms with Crippen molar-refractivity contribution in [2.45, 2.75) is 205 Å². The van der Waals surface area contributed by atoms with Gasteiger partial charge in [0.2, 0.25) is 41.4 Å². The van der Waals surface area contributed by atoms with E-state index in [4.69, 9.17) is 28.4 Å². The second-order valence-corrected chi connectivity index (χ2v) is 22.1. The average Bonchev–Trinajstić information content (AvgIpc) is 3.10. The van der Waals surface area contributed by atoms with Crippen molar-refractivity contribution in [2.75, 3.05) is 72.4 Å². The highest BCUT2D eigenvalue weighted by Gasteiger charge is 2.47. The maximum Gasteiger partial charge on any atom is 0.253 e. The third-order valence-electron chi connectivity index (χ3n) is 14.4. The van der Waals surface area contributed by atoms with Gasteiger partial charge in [-0.25, -0.2) is 0 Å². The van der Waals surface area contributed by atoms with Gasteiger partial charge in [-0.2, -0.15) is 0 Å². The number of rotatable bonds is 40. The van der Waals surface area contributed by atoms with E-state index in [2.05, 4.69) is 37.2 Å². The molecule has 9 amide bonds. The fraction of sp³-hybridized carbons (Fsp3) is 0.800. The normalized spacial score (nSPS) is 24.4. The van der Waals surface area contributed by atoms with Crippen molar-refractivity contribution in [1.82, 2.24) is 42.1 Å². The summed E-state index contributed by atoms with van der Waals surface area (Å²) in [5.74, 6) is -4.57. The molecule has 0 aromatic rings. The van der Waals surface area contributed by atoms with E-state index < -0.39 is 127 Å². The van der Waals surface area contributed by atoms with Gasteiger partial charge in [0.05, 0.1) is 26.4 Å². The molecule has 13 N–H and O–H groups in total. The molecule has 0 aromatic carbocycles. The monoisotopic (exact) mass is 1200 g/mol. The van der Waals surface area contributed by atoms with Crippen LogP contribution in [-0.2, 0) is 71.6 Å². The van der Waals surface area contributed by atoms with Crippen molar-refractivity contribution in [1.29, 1.82) is 0 Å². The number of nitrogens with one attached hydrogen (secondary N) is 7. The lowest BCUT2D eigenvalue weighted by Crippen LogP contribution is -2.64. The lowest BCUT2D eigenvalue weighted by atomic mass is 9.86. The molecule has 6 unspecified atom stereocenters. The zero-order chi connectivity index (χ0) is 62.4. The Kier molecular flexibility index (Phi) is 33.0. The Balaban J connectivity index is 1.40. The molecular weight excluding hydrogens is 1110 g/mol. The lowest BCUT2D eigenvalue weighted by molar-refractivity contribution is -0.276. The minimum absolute atomic E-state index is 0.0160. The number of imide groups is 1. The first-order valence-electron chi connectivity index (χ1n) is 29.0. The van der Waals surface area contributed by atoms with Gasteiger partial charge in [-0.05, 0) is 64.7 Å². The highest BCUT2D eigenvalue weighted by atomic mass is 16.7. The topological polar surface area (TPSA) is 418 Å². The molecular formula is C55H94N8O21. The zero-order valence-corrected chi connectivity index (χ0v) is 49.4. The largest absolute Gasteiger partial charge is 0.394 e. The minimum Gasteiger partial charge on any atom is -0.394 e. The SMILES string of the molecule is CC(=O)NC1[C@H](OCCCCC(=O)NCCCC[C@H](NC(=O)CCCCOC2OC(CO)[C@H](O)[C@H](O)[C@@H]2NC(C)=O)C(=O)NCCCCCC(=O)NCCOC(C)(OCCNC(=O)CCN2C(=O)C=CC2=O)C(C)(C)C)OC(CO)C(O)[C@@H]1O. The number of hydrogen-bond donors (Lipinski definition) is 13. The first-order valence-corrected chi connectivity index (χ1v) is 29.0. The summed E-state index contributed by atoms with van der Waals surface area (Å²) in [5.41, 5.74) is -0.494. The van der Waals surface area contributed by atoms with E-state index >= 15 is 0 Å². The van der Waals surface area contributed by atoms with Crippen LogP contribution < -0.4 is 37.2 Å². The van der Waals surface area contributed by atoms with E-state index in [1.807, 2.05) is 20.8 Å². The molecule has 0 saturated carbocycles. The molecule has 3 rings (SSSR count). The van der Waals surface area contributed by atoms with Crippen LogP contribution in [0.4, 0.5) is 0 Å². The van der Waals surface area contributed by atoms with E-state index in [1.165, 1.54) is 13.8 Å². The van der Waals surface area contributed by atoms with Gasteiger partial charge in [0.15, 0.2) is 18.4 Å². The second kappa shape index (κ2) is 38.0. The van der Waals surface area contributed by atoms with Crippen molar-refractivity contribution in [3.8, 4) is 0 Å². The second-order valence-electron chi connectivity index (χ2n) is 22.1. The summed E-state index contributed by atoms with van der Waals surface area (Å²) < 4.78 is 34.7. The van der Waals surface area contributed by atoms with Gasteiger partial charge in [-0.1, -0.05) is 27.2 Å². The molecule has 3 heterocycles. The molecule has 2 fully saturated rings. The van der Waals surface area contributed by atoms with Crippen LogP contribution in [0.2, 0.25) is 0 Å². The van der Waals surface area contributed by atoms with E-state index in [-0.39, 0.29) is 102 Å². The van der Waals surface area contributed by atoms with E-state index in [1.54, 1.807) is 6.92 Å². The molecule has 2 saturated heterocycles. The average molecular weight is 1200 g/mol. The Hall–Kier alpha value is -5.31. The summed E-state index contributed by atoms with van der Waals surface area (Å²) in [5, 5.41) is 79.7. The maximum absolute atomic E-state index is 13.5. The summed E-state index contributed by atoms with van der Waals surface area (Å²) in [4.78, 5) is 112. The zero-order valence-electron chi connectivity index (χ0n) is 49.4. The number of carbonyl (C=O) groups excluding carboxylic acids is 9. The molecule has 12 atom stereocenters. The van der Waals surface area contributed by atoms with Gasteiger partial charge in [-0.3, -0.25) is 48.1 Å². The summed E-state index contributed by atoms with van der Waals surface area (Å²) in [6.07, 6.45) is -3.43. The molecule has 0 aromatic heterocycles. The van der Waals surface area contributed by atoms with Crippen LogP contribution in [0.5, 0.6) is 0 Å². The highest BCUT2D eigenvalue weighted by Crippen LogP contribution is 2.34. The van der Waals surface area contributed by atoms with Crippen LogP contribution in [0.25, 0.3) is 0 Å². The fourth-order valence-corrected chi connectivity index (χ4v) is 9.04. The number of hydrogen-bond acceptors (Lipinski definition) is 21. The van der Waals surface area contributed by atoms with Crippen molar-refractivity contribution in [3.63, 3.8) is 0 Å². The number of ether oxygens (including phenoxy) is 6. The number of aliphatic hydroxyl groups is 6. The van der Waals surface area contributed by atoms with Crippen molar-refractivity contribution in [3.05, 3.63) is 12.2 Å². The summed E-state index contributed by atoms with van der Waals surface area (Å²) >= 11 is 0. The van der Waals surface area contributed by atoms with E-state index in [0.717, 1.165) is 17.1 Å². The van der Waals surface area contributed by atoms with Crippen molar-refractivity contribution in [2.24, 2.45) is 5.41 Å². The Morgan fingerprint density at radius 3 is 1.44 bits per heavy atom. The number of nitrogens with zero attached hydrogens (tertiary/aromatic N) is 1. The molecule has 480 valence electrons. The molecule has 0 radical (unpaired) electrons. The first kappa shape index (κ1) is 72.9. The number of unbranched alkanes of at least 4 members (excludes halogenated alkanes) is 5. The van der Waals surface area contributed by atoms with Crippen LogP contribution in [0, 0.1) is 5.41 Å². The Labute approximate surface area is 490 Å². The van der Waals surface area contributed by atoms with Crippen LogP contribution in [0.15, 0.2) is 12.2 Å². The highest BCUT2D eigenvalue weighted by molar-refractivity contribution is 6.13. The van der Waals surface area contributed by atoms with Crippen molar-refractivity contribution < 1.29 is 102 Å². The minimum atomic E-state index is -1.48. The predicted octanol–water partition coefficient (Wildman–Crippen LogP) is -2.96. The fourth-order valence-electron chi connectivity index (χ4n) is 9.04. The standard InChI is InChI=1S/C55H94N8O21/c1-34(66)60-45-49(76)47(74)37(32-64)83-52(45)79-28-14-10-18-39(68)56-23-13-9-16-36(62-42(71)19-11-15-29-80-53-46(61-35(2)67)50(77)48(75)38(33-65)84-53)51(78)59-24-12-7-8-17-40(69)57-25-30-81-55(6,54(3,4)5)82-31-26-58-41(70)22-27-63-43(72)20-21-44(63)73/h20-21,36-38,45-50,52-53,64-65,74-77H,7-19,22-33H2,1-6H3,(H,56,68)(H,57,69)(H,58,70)(H,59,78)(H,60,66)(H,61,67)(H,62,71)/t36-,37?,38?,45?,46-,47?,48-,49+,50+,52+,53?,55?/m0/s1. The molecule has 0 bridgehead atoms. The molecule has 29 heteroatoms. The van der Waals surface area contributed by atoms with Gasteiger partial charge < -0.3 is 96.3 Å². The van der Waals surface area contributed by atoms with Crippen LogP contribution >= 0.6 is 0 Å². The molecule has 3 aliphatic heterocycles. The third-order valence-corrected chi connectivity index (χ3v) is 14.4. The quantitative estimate of drug-likeness (QED) is 0.0166. The van der Waals surface area contributed by atoms with Gasteiger partial charge >= 0.3 is 0 Å². The van der Waals surface area contributed by atoms with Gasteiger partial charge in [0, 0.05) is 103 Å². The van der Waals surface area contributed by atoms with Crippen molar-refractivity contribution >= 4 is 53.2 Å². The van der Waals surface area contributed by atoms with Gasteiger partial charge in [0.25, 0.3) is 11.8 Å². The van der Waals surface area contributed by atoms with E-state index in [9.17, 15) is 73.8 Å². The van der Waals surface area contributed by atoms with Crippen LogP contribution in [0.1, 0.15) is 131 Å². The number of carbonyl (C=O) groups is 9. The summed E-state index contributed by atoms with van der Waals surface area (Å²) in [7, 11) is 0. The predicted molar refractivity (Wildman–Crippen MR) is 297 cm³/mol. The van der Waals surface area contributed by atoms with Gasteiger partial charge in [-0.15, -0.1) is 0 Å². The van der Waals surface area contributed by atoms with Crippen LogP contribution in [0.3, 0.4) is 0 Å².